The molecule has 1 aliphatic carbocycles. The lowest BCUT2D eigenvalue weighted by Crippen LogP contribution is -2.30. The van der Waals surface area contributed by atoms with Gasteiger partial charge in [0.25, 0.3) is 0 Å². The lowest BCUT2D eigenvalue weighted by Gasteiger charge is -2.23. The molecule has 0 saturated carbocycles. The first kappa shape index (κ1) is 15.1. The third-order valence-corrected chi connectivity index (χ3v) is 4.15. The minimum atomic E-state index is -5.53. The highest BCUT2D eigenvalue weighted by molar-refractivity contribution is 7.87. The molecule has 0 fully saturated rings. The van der Waals surface area contributed by atoms with Crippen molar-refractivity contribution in [3.8, 4) is 0 Å². The van der Waals surface area contributed by atoms with E-state index in [2.05, 4.69) is 4.18 Å². The topological polar surface area (TPSA) is 43.4 Å². The average molecular weight is 306 g/mol. The van der Waals surface area contributed by atoms with Gasteiger partial charge in [-0.05, 0) is 18.4 Å². The molecule has 20 heavy (non-hydrogen) atoms. The maximum Gasteiger partial charge on any atom is 0.523 e. The molecule has 0 saturated heterocycles. The molecule has 0 heterocycles. The first-order valence-electron chi connectivity index (χ1n) is 6.02. The van der Waals surface area contributed by atoms with E-state index < -0.39 is 21.7 Å². The van der Waals surface area contributed by atoms with E-state index >= 15 is 0 Å². The summed E-state index contributed by atoms with van der Waals surface area (Å²) in [6.07, 6.45) is 2.78. The van der Waals surface area contributed by atoms with Gasteiger partial charge in [0.15, 0.2) is 0 Å². The van der Waals surface area contributed by atoms with E-state index in [-0.39, 0.29) is 12.3 Å². The predicted octanol–water partition coefficient (Wildman–Crippen LogP) is 3.36. The molecule has 0 N–H and O–H groups in total. The monoisotopic (exact) mass is 306 g/mol. The summed E-state index contributed by atoms with van der Waals surface area (Å²) in [6.45, 7) is 0. The second-order valence-corrected chi connectivity index (χ2v) is 6.08. The Morgan fingerprint density at radius 3 is 2.20 bits per heavy atom. The van der Waals surface area contributed by atoms with Crippen molar-refractivity contribution in [2.24, 2.45) is 0 Å². The summed E-state index contributed by atoms with van der Waals surface area (Å²) >= 11 is 0. The number of halogens is 3. The van der Waals surface area contributed by atoms with Gasteiger partial charge in [-0.15, -0.1) is 0 Å². The van der Waals surface area contributed by atoms with Crippen molar-refractivity contribution in [1.82, 2.24) is 0 Å². The average Bonchev–Trinajstić information content (AvgIpc) is 2.39. The van der Waals surface area contributed by atoms with Gasteiger partial charge >= 0.3 is 15.6 Å². The predicted molar refractivity (Wildman–Crippen MR) is 67.4 cm³/mol. The van der Waals surface area contributed by atoms with Gasteiger partial charge in [-0.2, -0.15) is 21.6 Å². The van der Waals surface area contributed by atoms with Gasteiger partial charge in [0.1, 0.15) is 0 Å². The summed E-state index contributed by atoms with van der Waals surface area (Å²) < 4.78 is 62.5. The third-order valence-electron chi connectivity index (χ3n) is 3.08. The van der Waals surface area contributed by atoms with Crippen molar-refractivity contribution in [3.63, 3.8) is 0 Å². The van der Waals surface area contributed by atoms with Crippen LogP contribution in [0.3, 0.4) is 0 Å². The van der Waals surface area contributed by atoms with Gasteiger partial charge in [0, 0.05) is 5.92 Å². The summed E-state index contributed by atoms with van der Waals surface area (Å²) in [4.78, 5) is 0. The van der Waals surface area contributed by atoms with E-state index in [0.29, 0.717) is 6.42 Å². The molecule has 1 aromatic rings. The molecule has 2 rings (SSSR count). The summed E-state index contributed by atoms with van der Waals surface area (Å²) in [5, 5.41) is 0. The normalized spacial score (nSPS) is 23.8. The molecule has 7 heteroatoms. The molecule has 0 aromatic heterocycles. The first-order valence-corrected chi connectivity index (χ1v) is 7.43. The van der Waals surface area contributed by atoms with Crippen LogP contribution in [-0.4, -0.2) is 20.0 Å². The van der Waals surface area contributed by atoms with Crippen LogP contribution in [0.2, 0.25) is 0 Å². The zero-order valence-electron chi connectivity index (χ0n) is 10.4. The Kier molecular flexibility index (Phi) is 4.19. The van der Waals surface area contributed by atoms with Crippen LogP contribution in [-0.2, 0) is 14.3 Å². The first-order chi connectivity index (χ1) is 9.29. The Hall–Kier alpha value is -1.34. The quantitative estimate of drug-likeness (QED) is 0.488. The van der Waals surface area contributed by atoms with Gasteiger partial charge < -0.3 is 0 Å². The number of benzene rings is 1. The standard InChI is InChI=1S/C13H13F3O3S/c14-13(15,16)20(17,18)19-12-8-6-11(7-9-12)10-4-2-1-3-5-10/h1-6,8,11-12H,7,9H2. The van der Waals surface area contributed by atoms with Crippen LogP contribution >= 0.6 is 0 Å². The number of hydrogen-bond acceptors (Lipinski definition) is 3. The zero-order chi connectivity index (χ0) is 14.8. The van der Waals surface area contributed by atoms with Gasteiger partial charge in [0.05, 0.1) is 6.10 Å². The van der Waals surface area contributed by atoms with Crippen molar-refractivity contribution >= 4 is 10.1 Å². The second kappa shape index (κ2) is 5.57. The minimum absolute atomic E-state index is 0.0737. The highest BCUT2D eigenvalue weighted by Gasteiger charge is 2.48. The molecular formula is C13H13F3O3S. The maximum absolute atomic E-state index is 12.2. The van der Waals surface area contributed by atoms with E-state index in [1.165, 1.54) is 6.08 Å². The molecule has 0 aliphatic heterocycles. The maximum atomic E-state index is 12.2. The highest BCUT2D eigenvalue weighted by Crippen LogP contribution is 2.32. The van der Waals surface area contributed by atoms with Crippen molar-refractivity contribution in [3.05, 3.63) is 48.0 Å². The van der Waals surface area contributed by atoms with Crippen LogP contribution in [0.25, 0.3) is 0 Å². The number of rotatable bonds is 3. The fraction of sp³-hybridized carbons (Fsp3) is 0.385. The summed E-state index contributed by atoms with van der Waals surface area (Å²) in [5.41, 5.74) is -4.34. The smallest absolute Gasteiger partial charge is 0.256 e. The molecule has 0 spiro atoms. The van der Waals surface area contributed by atoms with Gasteiger partial charge in [-0.1, -0.05) is 42.5 Å². The Morgan fingerprint density at radius 2 is 1.70 bits per heavy atom. The van der Waals surface area contributed by atoms with Crippen LogP contribution in [0.15, 0.2) is 42.5 Å². The fourth-order valence-electron chi connectivity index (χ4n) is 2.07. The molecule has 1 aromatic carbocycles. The summed E-state index contributed by atoms with van der Waals surface area (Å²) in [6, 6.07) is 9.46. The fourth-order valence-corrected chi connectivity index (χ4v) is 2.66. The van der Waals surface area contributed by atoms with Crippen molar-refractivity contribution in [2.45, 2.75) is 30.4 Å². The highest BCUT2D eigenvalue weighted by atomic mass is 32.2. The molecule has 3 nitrogen and oxygen atoms in total. The van der Waals surface area contributed by atoms with Crippen LogP contribution in [0.4, 0.5) is 13.2 Å². The lowest BCUT2D eigenvalue weighted by atomic mass is 9.88. The molecule has 0 amide bonds. The van der Waals surface area contributed by atoms with Crippen molar-refractivity contribution < 1.29 is 25.8 Å². The molecule has 0 bridgehead atoms. The van der Waals surface area contributed by atoms with Gasteiger partial charge in [-0.3, -0.25) is 4.18 Å². The van der Waals surface area contributed by atoms with Crippen LogP contribution in [0, 0.1) is 0 Å². The SMILES string of the molecule is O=S(=O)(OC1C=CC(c2ccccc2)CC1)C(F)(F)F. The molecule has 2 unspecified atom stereocenters. The molecule has 110 valence electrons. The van der Waals surface area contributed by atoms with E-state index in [9.17, 15) is 21.6 Å². The number of hydrogen-bond donors (Lipinski definition) is 0. The van der Waals surface area contributed by atoms with E-state index in [4.69, 9.17) is 0 Å². The number of allylic oxidation sites excluding steroid dienone is 1. The Balaban J connectivity index is 2.04. The Morgan fingerprint density at radius 1 is 1.05 bits per heavy atom. The van der Waals surface area contributed by atoms with Gasteiger partial charge in [-0.25, -0.2) is 0 Å². The van der Waals surface area contributed by atoms with Gasteiger partial charge in [0.2, 0.25) is 0 Å². The van der Waals surface area contributed by atoms with E-state index in [0.717, 1.165) is 5.56 Å². The molecule has 1 aliphatic rings. The minimum Gasteiger partial charge on any atom is -0.256 e. The van der Waals surface area contributed by atoms with Crippen LogP contribution in [0.5, 0.6) is 0 Å². The summed E-state index contributed by atoms with van der Waals surface area (Å²) in [5.74, 6) is 0.0737. The Labute approximate surface area is 115 Å². The second-order valence-electron chi connectivity index (χ2n) is 4.51. The summed E-state index contributed by atoms with van der Waals surface area (Å²) in [7, 11) is -5.53. The molecular weight excluding hydrogens is 293 g/mol. The van der Waals surface area contributed by atoms with E-state index in [1.54, 1.807) is 6.08 Å². The zero-order valence-corrected chi connectivity index (χ0v) is 11.2. The molecule has 2 atom stereocenters. The van der Waals surface area contributed by atoms with Crippen molar-refractivity contribution in [2.75, 3.05) is 0 Å². The largest absolute Gasteiger partial charge is 0.523 e. The van der Waals surface area contributed by atoms with Crippen LogP contribution in [0.1, 0.15) is 24.3 Å². The lowest BCUT2D eigenvalue weighted by molar-refractivity contribution is -0.0563. The van der Waals surface area contributed by atoms with E-state index in [1.807, 2.05) is 30.3 Å². The number of alkyl halides is 3. The van der Waals surface area contributed by atoms with Crippen LogP contribution < -0.4 is 0 Å². The molecule has 0 radical (unpaired) electrons. The third kappa shape index (κ3) is 3.40. The Bertz CT molecular complexity index is 579. The van der Waals surface area contributed by atoms with Crippen molar-refractivity contribution in [1.29, 1.82) is 0 Å².